The number of carbonyl (C=O) groups is 3. The fourth-order valence-electron chi connectivity index (χ4n) is 8.23. The minimum Gasteiger partial charge on any atom is -0.464 e. The van der Waals surface area contributed by atoms with Crippen molar-refractivity contribution in [1.82, 2.24) is 30.3 Å². The standard InChI is InChI=1S/C42H54N6O6S/c1-8-47-33-13-12-27-20-29(33)30(37(47)28-11-9-16-43-36(28)26(3)52-7)22-41(4,5)24-54-40(51)42(6)15-10-17-48(46-42)39(50)31(21-35-44-32(27)23-55-35)45-38(49)34-19-25(2)14-18-53-34/h9,11-13,16,20,23,25-26,31,34,46H,8,10,14-15,17-19,21-22,24H2,1-7H3,(H,45,49)/t25-,26-,31-,34+,42+/m0/s1. The molecule has 0 spiro atoms. The number of nitrogens with one attached hydrogen (secondary N) is 2. The number of thiazole rings is 1. The van der Waals surface area contributed by atoms with E-state index in [1.165, 1.54) is 16.3 Å². The zero-order valence-corrected chi connectivity index (χ0v) is 33.9. The number of esters is 1. The molecule has 2 fully saturated rings. The van der Waals surface area contributed by atoms with Crippen LogP contribution in [0, 0.1) is 11.3 Å². The quantitative estimate of drug-likeness (QED) is 0.213. The second-order valence-electron chi connectivity index (χ2n) is 16.5. The van der Waals surface area contributed by atoms with Crippen LogP contribution in [0.25, 0.3) is 33.4 Å². The van der Waals surface area contributed by atoms with Gasteiger partial charge in [0.25, 0.3) is 5.91 Å². The Bertz CT molecular complexity index is 2080. The van der Waals surface area contributed by atoms with Crippen LogP contribution in [0.4, 0.5) is 0 Å². The first kappa shape index (κ1) is 39.1. The molecule has 12 nitrogen and oxygen atoms in total. The van der Waals surface area contributed by atoms with Crippen molar-refractivity contribution in [3.63, 3.8) is 0 Å². The molecule has 1 aromatic carbocycles. The van der Waals surface area contributed by atoms with Crippen molar-refractivity contribution in [1.29, 1.82) is 0 Å². The molecule has 294 valence electrons. The number of hydrogen-bond acceptors (Lipinski definition) is 10. The van der Waals surface area contributed by atoms with Crippen molar-refractivity contribution in [2.45, 2.75) is 110 Å². The van der Waals surface area contributed by atoms with Gasteiger partial charge in [0, 0.05) is 72.2 Å². The molecule has 6 bridgehead atoms. The lowest BCUT2D eigenvalue weighted by molar-refractivity contribution is -0.162. The third-order valence-electron chi connectivity index (χ3n) is 11.4. The Morgan fingerprint density at radius 1 is 1.22 bits per heavy atom. The van der Waals surface area contributed by atoms with Crippen LogP contribution in [0.3, 0.4) is 0 Å². The number of carbonyl (C=O) groups excluding carboxylic acids is 3. The van der Waals surface area contributed by atoms with Gasteiger partial charge in [-0.2, -0.15) is 0 Å². The Morgan fingerprint density at radius 2 is 2.04 bits per heavy atom. The third-order valence-corrected chi connectivity index (χ3v) is 12.3. The first-order chi connectivity index (χ1) is 26.3. The van der Waals surface area contributed by atoms with Gasteiger partial charge < -0.3 is 24.1 Å². The highest BCUT2D eigenvalue weighted by molar-refractivity contribution is 7.10. The molecule has 3 aromatic heterocycles. The number of pyridine rings is 1. The van der Waals surface area contributed by atoms with E-state index < -0.39 is 29.1 Å². The highest BCUT2D eigenvalue weighted by Gasteiger charge is 2.43. The van der Waals surface area contributed by atoms with E-state index in [9.17, 15) is 14.4 Å². The lowest BCUT2D eigenvalue weighted by Gasteiger charge is -2.41. The molecule has 2 N–H and O–H groups in total. The Hall–Kier alpha value is -4.17. The van der Waals surface area contributed by atoms with Crippen LogP contribution in [0.15, 0.2) is 41.9 Å². The lowest BCUT2D eigenvalue weighted by atomic mass is 9.84. The summed E-state index contributed by atoms with van der Waals surface area (Å²) in [6.45, 7) is 14.1. The van der Waals surface area contributed by atoms with Gasteiger partial charge >= 0.3 is 5.97 Å². The van der Waals surface area contributed by atoms with Crippen LogP contribution in [0.1, 0.15) is 89.6 Å². The Labute approximate surface area is 327 Å². The molecule has 55 heavy (non-hydrogen) atoms. The maximum atomic E-state index is 14.3. The molecule has 2 saturated heterocycles. The number of cyclic esters (lactones) is 1. The van der Waals surface area contributed by atoms with Crippen molar-refractivity contribution in [2.75, 3.05) is 26.9 Å². The Kier molecular flexibility index (Phi) is 11.2. The molecule has 4 aromatic rings. The normalized spacial score (nSPS) is 25.3. The smallest absolute Gasteiger partial charge is 0.327 e. The monoisotopic (exact) mass is 770 g/mol. The van der Waals surface area contributed by atoms with Gasteiger partial charge in [-0.05, 0) is 88.6 Å². The van der Waals surface area contributed by atoms with Crippen molar-refractivity contribution in [3.8, 4) is 22.5 Å². The van der Waals surface area contributed by atoms with Crippen LogP contribution in [-0.2, 0) is 48.0 Å². The van der Waals surface area contributed by atoms with Gasteiger partial charge in [0.1, 0.15) is 17.7 Å². The summed E-state index contributed by atoms with van der Waals surface area (Å²) in [4.78, 5) is 51.8. The molecule has 0 aliphatic carbocycles. The highest BCUT2D eigenvalue weighted by atomic mass is 32.1. The van der Waals surface area contributed by atoms with E-state index in [2.05, 4.69) is 67.3 Å². The van der Waals surface area contributed by atoms with Gasteiger partial charge in [-0.25, -0.2) is 15.2 Å². The van der Waals surface area contributed by atoms with Gasteiger partial charge in [-0.15, -0.1) is 11.3 Å². The predicted octanol–water partition coefficient (Wildman–Crippen LogP) is 6.41. The summed E-state index contributed by atoms with van der Waals surface area (Å²) >= 11 is 1.47. The molecule has 0 unspecified atom stereocenters. The number of rotatable bonds is 6. The average molecular weight is 771 g/mol. The molecule has 3 aliphatic heterocycles. The summed E-state index contributed by atoms with van der Waals surface area (Å²) in [5, 5.41) is 8.32. The molecule has 6 heterocycles. The molecule has 0 saturated carbocycles. The van der Waals surface area contributed by atoms with Crippen molar-refractivity contribution in [3.05, 3.63) is 58.2 Å². The molecule has 7 rings (SSSR count). The fraction of sp³-hybridized carbons (Fsp3) is 0.548. The molecule has 3 aliphatic rings. The van der Waals surface area contributed by atoms with Crippen LogP contribution < -0.4 is 10.7 Å². The lowest BCUT2D eigenvalue weighted by Crippen LogP contribution is -2.66. The van der Waals surface area contributed by atoms with E-state index in [0.717, 1.165) is 57.6 Å². The summed E-state index contributed by atoms with van der Waals surface area (Å²) in [6, 6.07) is 9.60. The van der Waals surface area contributed by atoms with E-state index in [1.54, 1.807) is 20.2 Å². The molecule has 5 atom stereocenters. The van der Waals surface area contributed by atoms with Gasteiger partial charge in [0.2, 0.25) is 5.91 Å². The number of methoxy groups -OCH3 is 1. The van der Waals surface area contributed by atoms with Crippen molar-refractivity contribution in [2.24, 2.45) is 11.3 Å². The maximum Gasteiger partial charge on any atom is 0.327 e. The summed E-state index contributed by atoms with van der Waals surface area (Å²) in [5.74, 6) is -0.714. The van der Waals surface area contributed by atoms with Crippen molar-refractivity contribution >= 4 is 40.0 Å². The first-order valence-corrected chi connectivity index (χ1v) is 20.4. The first-order valence-electron chi connectivity index (χ1n) is 19.6. The van der Waals surface area contributed by atoms with Crippen molar-refractivity contribution < 1.29 is 28.6 Å². The molecule has 0 radical (unpaired) electrons. The number of amides is 2. The topological polar surface area (TPSA) is 137 Å². The number of aromatic nitrogens is 3. The largest absolute Gasteiger partial charge is 0.464 e. The highest BCUT2D eigenvalue weighted by Crippen LogP contribution is 2.42. The fourth-order valence-corrected chi connectivity index (χ4v) is 9.08. The Morgan fingerprint density at radius 3 is 2.80 bits per heavy atom. The van der Waals surface area contributed by atoms with Gasteiger partial charge in [-0.3, -0.25) is 19.6 Å². The van der Waals surface area contributed by atoms with E-state index in [1.807, 2.05) is 18.4 Å². The van der Waals surface area contributed by atoms with Crippen LogP contribution in [0.5, 0.6) is 0 Å². The van der Waals surface area contributed by atoms with E-state index in [4.69, 9.17) is 24.2 Å². The number of benzene rings is 1. The van der Waals surface area contributed by atoms with E-state index >= 15 is 0 Å². The third kappa shape index (κ3) is 7.94. The second kappa shape index (κ2) is 15.8. The van der Waals surface area contributed by atoms with Gasteiger partial charge in [0.05, 0.1) is 34.8 Å². The summed E-state index contributed by atoms with van der Waals surface area (Å²) in [7, 11) is 1.70. The minimum atomic E-state index is -1.14. The number of fused-ring (bicyclic) bond motifs is 6. The number of nitrogens with zero attached hydrogens (tertiary/aromatic N) is 4. The SMILES string of the molecule is CCn1c(-c2cccnc2[C@H](C)OC)c2c3cc(ccc31)-c1csc(n1)C[C@H](NC(=O)[C@H]1C[C@@H](C)CCO1)C(=O)N1CCC[C@@](C)(N1)C(=O)OCC(C)(C)C2. The minimum absolute atomic E-state index is 0.164. The van der Waals surface area contributed by atoms with E-state index in [-0.39, 0.29) is 30.9 Å². The maximum absolute atomic E-state index is 14.3. The van der Waals surface area contributed by atoms with Gasteiger partial charge in [0.15, 0.2) is 0 Å². The van der Waals surface area contributed by atoms with E-state index in [0.29, 0.717) is 49.8 Å². The average Bonchev–Trinajstić information content (AvgIpc) is 3.77. The Balaban J connectivity index is 1.35. The van der Waals surface area contributed by atoms with Crippen LogP contribution in [0.2, 0.25) is 0 Å². The van der Waals surface area contributed by atoms with Crippen LogP contribution >= 0.6 is 11.3 Å². The zero-order chi connectivity index (χ0) is 39.1. The number of aryl methyl sites for hydroxylation is 1. The number of hydrogen-bond donors (Lipinski definition) is 2. The summed E-state index contributed by atoms with van der Waals surface area (Å²) in [5.41, 5.74) is 8.50. The molecule has 13 heteroatoms. The number of ether oxygens (including phenoxy) is 3. The zero-order valence-electron chi connectivity index (χ0n) is 33.1. The second-order valence-corrected chi connectivity index (χ2v) is 17.4. The summed E-state index contributed by atoms with van der Waals surface area (Å²) in [6.07, 6.45) is 4.32. The molecule has 2 amide bonds. The molecular formula is C42H54N6O6S. The van der Waals surface area contributed by atoms with Gasteiger partial charge in [-0.1, -0.05) is 26.8 Å². The van der Waals surface area contributed by atoms with Crippen LogP contribution in [-0.4, -0.2) is 81.9 Å². The summed E-state index contributed by atoms with van der Waals surface area (Å²) < 4.78 is 20.1. The molecular weight excluding hydrogens is 717 g/mol. The number of hydrazine groups is 1. The predicted molar refractivity (Wildman–Crippen MR) is 212 cm³/mol.